The van der Waals surface area contributed by atoms with Crippen LogP contribution in [0.3, 0.4) is 0 Å². The van der Waals surface area contributed by atoms with Crippen LogP contribution in [0.1, 0.15) is 37.2 Å². The summed E-state index contributed by atoms with van der Waals surface area (Å²) in [5.41, 5.74) is 2.04. The molecule has 0 atom stereocenters. The summed E-state index contributed by atoms with van der Waals surface area (Å²) in [6.45, 7) is 3.17. The molecular weight excluding hydrogens is 222 g/mol. The van der Waals surface area contributed by atoms with Gasteiger partial charge >= 0.3 is 0 Å². The van der Waals surface area contributed by atoms with Crippen molar-refractivity contribution < 1.29 is 0 Å². The quantitative estimate of drug-likeness (QED) is 0.790. The standard InChI is InChI=1S/C15H19N3/c1-2-3-10-18-15(13-8-4-6-11-16-13)14-9-5-7-12-17-14/h4-9,11-12,15,18H,2-3,10H2,1H3. The smallest absolute Gasteiger partial charge is 0.0925 e. The molecule has 0 fully saturated rings. The lowest BCUT2D eigenvalue weighted by molar-refractivity contribution is 0.559. The van der Waals surface area contributed by atoms with Gasteiger partial charge in [0.1, 0.15) is 0 Å². The van der Waals surface area contributed by atoms with E-state index in [1.807, 2.05) is 48.8 Å². The summed E-state index contributed by atoms with van der Waals surface area (Å²) in [6.07, 6.45) is 6.00. The van der Waals surface area contributed by atoms with E-state index >= 15 is 0 Å². The van der Waals surface area contributed by atoms with Crippen LogP contribution in [0.5, 0.6) is 0 Å². The van der Waals surface area contributed by atoms with Crippen molar-refractivity contribution in [3.8, 4) is 0 Å². The van der Waals surface area contributed by atoms with Gasteiger partial charge in [-0.2, -0.15) is 0 Å². The second-order valence-corrected chi connectivity index (χ2v) is 4.25. The first-order valence-electron chi connectivity index (χ1n) is 6.47. The van der Waals surface area contributed by atoms with Gasteiger partial charge in [-0.05, 0) is 37.2 Å². The third kappa shape index (κ3) is 3.37. The lowest BCUT2D eigenvalue weighted by atomic mass is 10.1. The molecule has 0 spiro atoms. The largest absolute Gasteiger partial charge is 0.304 e. The maximum absolute atomic E-state index is 4.43. The third-order valence-corrected chi connectivity index (χ3v) is 2.85. The van der Waals surface area contributed by atoms with Gasteiger partial charge < -0.3 is 5.32 Å². The van der Waals surface area contributed by atoms with Gasteiger partial charge in [0.05, 0.1) is 17.4 Å². The number of nitrogens with one attached hydrogen (secondary N) is 1. The van der Waals surface area contributed by atoms with Crippen molar-refractivity contribution in [2.75, 3.05) is 6.54 Å². The highest BCUT2D eigenvalue weighted by Crippen LogP contribution is 2.17. The van der Waals surface area contributed by atoms with Gasteiger partial charge in [-0.3, -0.25) is 9.97 Å². The van der Waals surface area contributed by atoms with Crippen LogP contribution in [0.25, 0.3) is 0 Å². The molecule has 0 aliphatic carbocycles. The van der Waals surface area contributed by atoms with Crippen LogP contribution in [0.15, 0.2) is 48.8 Å². The van der Waals surface area contributed by atoms with Crippen molar-refractivity contribution in [3.05, 3.63) is 60.2 Å². The van der Waals surface area contributed by atoms with Crippen LogP contribution in [0.2, 0.25) is 0 Å². The monoisotopic (exact) mass is 241 g/mol. The fraction of sp³-hybridized carbons (Fsp3) is 0.333. The molecule has 3 nitrogen and oxygen atoms in total. The van der Waals surface area contributed by atoms with E-state index < -0.39 is 0 Å². The average molecular weight is 241 g/mol. The van der Waals surface area contributed by atoms with Gasteiger partial charge in [0.25, 0.3) is 0 Å². The van der Waals surface area contributed by atoms with Crippen molar-refractivity contribution in [1.82, 2.24) is 15.3 Å². The molecule has 3 heteroatoms. The van der Waals surface area contributed by atoms with Crippen molar-refractivity contribution in [1.29, 1.82) is 0 Å². The zero-order chi connectivity index (χ0) is 12.6. The number of unbranched alkanes of at least 4 members (excludes halogenated alkanes) is 1. The molecule has 0 saturated heterocycles. The summed E-state index contributed by atoms with van der Waals surface area (Å²) >= 11 is 0. The van der Waals surface area contributed by atoms with Gasteiger partial charge in [0.2, 0.25) is 0 Å². The molecule has 0 saturated carbocycles. The van der Waals surface area contributed by atoms with Crippen molar-refractivity contribution in [2.24, 2.45) is 0 Å². The SMILES string of the molecule is CCCCNC(c1ccccn1)c1ccccn1. The Bertz CT molecular complexity index is 402. The maximum atomic E-state index is 4.43. The Kier molecular flexibility index (Phi) is 4.85. The summed E-state index contributed by atoms with van der Waals surface area (Å²) in [7, 11) is 0. The van der Waals surface area contributed by atoms with Crippen molar-refractivity contribution >= 4 is 0 Å². The number of hydrogen-bond donors (Lipinski definition) is 1. The summed E-state index contributed by atoms with van der Waals surface area (Å²) in [4.78, 5) is 8.86. The van der Waals surface area contributed by atoms with Gasteiger partial charge in [0, 0.05) is 12.4 Å². The third-order valence-electron chi connectivity index (χ3n) is 2.85. The zero-order valence-corrected chi connectivity index (χ0v) is 10.7. The predicted molar refractivity (Wildman–Crippen MR) is 73.2 cm³/mol. The second kappa shape index (κ2) is 6.87. The number of nitrogens with zero attached hydrogens (tertiary/aromatic N) is 2. The van der Waals surface area contributed by atoms with Crippen LogP contribution < -0.4 is 5.32 Å². The molecule has 2 aromatic heterocycles. The first kappa shape index (κ1) is 12.7. The molecular formula is C15H19N3. The van der Waals surface area contributed by atoms with E-state index in [4.69, 9.17) is 0 Å². The van der Waals surface area contributed by atoms with E-state index in [9.17, 15) is 0 Å². The van der Waals surface area contributed by atoms with E-state index in [0.29, 0.717) is 0 Å². The Morgan fingerprint density at radius 3 is 2.06 bits per heavy atom. The van der Waals surface area contributed by atoms with Gasteiger partial charge in [-0.15, -0.1) is 0 Å². The molecule has 0 bridgehead atoms. The van der Waals surface area contributed by atoms with Crippen molar-refractivity contribution in [3.63, 3.8) is 0 Å². The summed E-state index contributed by atoms with van der Waals surface area (Å²) in [6, 6.07) is 12.1. The highest BCUT2D eigenvalue weighted by Gasteiger charge is 2.14. The molecule has 0 unspecified atom stereocenters. The summed E-state index contributed by atoms with van der Waals surface area (Å²) in [5.74, 6) is 0. The molecule has 2 aromatic rings. The minimum absolute atomic E-state index is 0.0824. The molecule has 0 radical (unpaired) electrons. The first-order valence-corrected chi connectivity index (χ1v) is 6.47. The van der Waals surface area contributed by atoms with Crippen molar-refractivity contribution in [2.45, 2.75) is 25.8 Å². The number of pyridine rings is 2. The topological polar surface area (TPSA) is 37.8 Å². The number of aromatic nitrogens is 2. The van der Waals surface area contributed by atoms with Gasteiger partial charge in [-0.25, -0.2) is 0 Å². The Morgan fingerprint density at radius 1 is 1.00 bits per heavy atom. The lowest BCUT2D eigenvalue weighted by Gasteiger charge is -2.17. The Labute approximate surface area is 108 Å². The molecule has 18 heavy (non-hydrogen) atoms. The fourth-order valence-corrected chi connectivity index (χ4v) is 1.88. The van der Waals surface area contributed by atoms with Gasteiger partial charge in [-0.1, -0.05) is 25.5 Å². The maximum Gasteiger partial charge on any atom is 0.0925 e. The minimum Gasteiger partial charge on any atom is -0.304 e. The highest BCUT2D eigenvalue weighted by atomic mass is 15.0. The predicted octanol–water partition coefficient (Wildman–Crippen LogP) is 2.96. The molecule has 94 valence electrons. The average Bonchev–Trinajstić information content (AvgIpc) is 2.46. The fourth-order valence-electron chi connectivity index (χ4n) is 1.88. The summed E-state index contributed by atoms with van der Waals surface area (Å²) < 4.78 is 0. The Morgan fingerprint density at radius 2 is 1.61 bits per heavy atom. The van der Waals surface area contributed by atoms with Crippen LogP contribution in [-0.2, 0) is 0 Å². The zero-order valence-electron chi connectivity index (χ0n) is 10.7. The molecule has 2 rings (SSSR count). The van der Waals surface area contributed by atoms with E-state index in [2.05, 4.69) is 22.2 Å². The van der Waals surface area contributed by atoms with Gasteiger partial charge in [0.15, 0.2) is 0 Å². The molecule has 1 N–H and O–H groups in total. The van der Waals surface area contributed by atoms with E-state index in [0.717, 1.165) is 24.4 Å². The first-order chi connectivity index (χ1) is 8.92. The molecule has 2 heterocycles. The molecule has 0 aromatic carbocycles. The minimum atomic E-state index is 0.0824. The van der Waals surface area contributed by atoms with Crippen LogP contribution in [-0.4, -0.2) is 16.5 Å². The Balaban J connectivity index is 2.18. The molecule has 0 aliphatic heterocycles. The molecule has 0 amide bonds. The van der Waals surface area contributed by atoms with E-state index in [1.165, 1.54) is 6.42 Å². The Hall–Kier alpha value is -1.74. The normalized spacial score (nSPS) is 10.8. The van der Waals surface area contributed by atoms with E-state index in [1.54, 1.807) is 0 Å². The second-order valence-electron chi connectivity index (χ2n) is 4.25. The lowest BCUT2D eigenvalue weighted by Crippen LogP contribution is -2.25. The number of hydrogen-bond acceptors (Lipinski definition) is 3. The van der Waals surface area contributed by atoms with E-state index in [-0.39, 0.29) is 6.04 Å². The molecule has 0 aliphatic rings. The van der Waals surface area contributed by atoms with Crippen LogP contribution in [0.4, 0.5) is 0 Å². The number of rotatable bonds is 6. The highest BCUT2D eigenvalue weighted by molar-refractivity contribution is 5.21. The summed E-state index contributed by atoms with van der Waals surface area (Å²) in [5, 5.41) is 3.53. The van der Waals surface area contributed by atoms with Crippen LogP contribution in [0, 0.1) is 0 Å². The van der Waals surface area contributed by atoms with Crippen LogP contribution >= 0.6 is 0 Å².